The predicted octanol–water partition coefficient (Wildman–Crippen LogP) is 1.57. The van der Waals surface area contributed by atoms with Crippen LogP contribution in [0.3, 0.4) is 0 Å². The summed E-state index contributed by atoms with van der Waals surface area (Å²) in [5, 5.41) is 12.8. The third-order valence-corrected chi connectivity index (χ3v) is 3.44. The van der Waals surface area contributed by atoms with Crippen LogP contribution in [0.5, 0.6) is 11.5 Å². The lowest BCUT2D eigenvalue weighted by atomic mass is 10.1. The van der Waals surface area contributed by atoms with Crippen molar-refractivity contribution < 1.29 is 19.3 Å². The number of ether oxygens (including phenoxy) is 3. The van der Waals surface area contributed by atoms with Crippen LogP contribution in [0.1, 0.15) is 25.5 Å². The topological polar surface area (TPSA) is 60.0 Å². The van der Waals surface area contributed by atoms with Crippen molar-refractivity contribution in [2.75, 3.05) is 19.8 Å². The van der Waals surface area contributed by atoms with Crippen molar-refractivity contribution in [2.24, 2.45) is 0 Å². The van der Waals surface area contributed by atoms with Crippen molar-refractivity contribution >= 4 is 0 Å². The van der Waals surface area contributed by atoms with Gasteiger partial charge in [0.2, 0.25) is 0 Å². The Labute approximate surface area is 112 Å². The first-order valence-electron chi connectivity index (χ1n) is 6.54. The van der Waals surface area contributed by atoms with E-state index >= 15 is 0 Å². The SMILES string of the molecule is CC1(C)OCC(CNC2COc3cc(O)ccc32)O1. The molecule has 2 aliphatic rings. The Bertz CT molecular complexity index is 475. The van der Waals surface area contributed by atoms with E-state index in [0.717, 1.165) is 17.9 Å². The van der Waals surface area contributed by atoms with E-state index in [4.69, 9.17) is 14.2 Å². The molecule has 1 fully saturated rings. The first-order chi connectivity index (χ1) is 9.03. The van der Waals surface area contributed by atoms with Crippen LogP contribution in [0.2, 0.25) is 0 Å². The Morgan fingerprint density at radius 2 is 2.21 bits per heavy atom. The standard InChI is InChI=1S/C14H19NO4/c1-14(2)18-7-10(19-14)6-15-12-8-17-13-5-9(16)3-4-11(12)13/h3-5,10,12,15-16H,6-8H2,1-2H3. The molecule has 0 amide bonds. The molecule has 19 heavy (non-hydrogen) atoms. The number of aromatic hydroxyl groups is 1. The molecule has 3 rings (SSSR count). The molecular formula is C14H19NO4. The normalized spacial score (nSPS) is 28.1. The number of phenols is 1. The second kappa shape index (κ2) is 4.67. The second-order valence-corrected chi connectivity index (χ2v) is 5.44. The highest BCUT2D eigenvalue weighted by atomic mass is 16.7. The van der Waals surface area contributed by atoms with Crippen LogP contribution in [0.25, 0.3) is 0 Å². The van der Waals surface area contributed by atoms with Gasteiger partial charge in [0.25, 0.3) is 0 Å². The number of nitrogens with one attached hydrogen (secondary N) is 1. The van der Waals surface area contributed by atoms with Gasteiger partial charge >= 0.3 is 0 Å². The predicted molar refractivity (Wildman–Crippen MR) is 69.2 cm³/mol. The van der Waals surface area contributed by atoms with Crippen molar-refractivity contribution in [3.8, 4) is 11.5 Å². The Kier molecular flexibility index (Phi) is 3.12. The average Bonchev–Trinajstić information content (AvgIpc) is 2.89. The molecule has 1 saturated heterocycles. The summed E-state index contributed by atoms with van der Waals surface area (Å²) in [4.78, 5) is 0. The highest BCUT2D eigenvalue weighted by Crippen LogP contribution is 2.35. The molecule has 0 saturated carbocycles. The maximum absolute atomic E-state index is 9.41. The summed E-state index contributed by atoms with van der Waals surface area (Å²) < 4.78 is 16.8. The number of hydrogen-bond acceptors (Lipinski definition) is 5. The minimum Gasteiger partial charge on any atom is -0.508 e. The van der Waals surface area contributed by atoms with Crippen LogP contribution in [-0.2, 0) is 9.47 Å². The minimum atomic E-state index is -0.484. The van der Waals surface area contributed by atoms with E-state index in [1.165, 1.54) is 0 Å². The van der Waals surface area contributed by atoms with Crippen LogP contribution in [0, 0.1) is 0 Å². The maximum Gasteiger partial charge on any atom is 0.163 e. The van der Waals surface area contributed by atoms with Gasteiger partial charge in [-0.25, -0.2) is 0 Å². The third-order valence-electron chi connectivity index (χ3n) is 3.44. The molecule has 5 nitrogen and oxygen atoms in total. The van der Waals surface area contributed by atoms with Gasteiger partial charge < -0.3 is 24.6 Å². The van der Waals surface area contributed by atoms with Gasteiger partial charge in [0.15, 0.2) is 5.79 Å². The summed E-state index contributed by atoms with van der Waals surface area (Å²) >= 11 is 0. The summed E-state index contributed by atoms with van der Waals surface area (Å²) in [6.45, 7) is 5.75. The second-order valence-electron chi connectivity index (χ2n) is 5.44. The van der Waals surface area contributed by atoms with Crippen molar-refractivity contribution in [2.45, 2.75) is 31.8 Å². The van der Waals surface area contributed by atoms with Crippen molar-refractivity contribution in [1.29, 1.82) is 0 Å². The fraction of sp³-hybridized carbons (Fsp3) is 0.571. The molecule has 2 unspecified atom stereocenters. The Morgan fingerprint density at radius 1 is 1.37 bits per heavy atom. The molecule has 2 atom stereocenters. The van der Waals surface area contributed by atoms with Gasteiger partial charge in [-0.3, -0.25) is 0 Å². The molecule has 0 spiro atoms. The first kappa shape index (κ1) is 12.7. The molecule has 0 bridgehead atoms. The van der Waals surface area contributed by atoms with E-state index in [2.05, 4.69) is 5.32 Å². The molecule has 2 heterocycles. The molecule has 2 N–H and O–H groups in total. The highest BCUT2D eigenvalue weighted by Gasteiger charge is 2.33. The fourth-order valence-corrected chi connectivity index (χ4v) is 2.51. The molecule has 1 aromatic rings. The third kappa shape index (κ3) is 2.68. The lowest BCUT2D eigenvalue weighted by Gasteiger charge is -2.18. The zero-order chi connectivity index (χ0) is 13.5. The van der Waals surface area contributed by atoms with Crippen LogP contribution in [-0.4, -0.2) is 36.8 Å². The summed E-state index contributed by atoms with van der Waals surface area (Å²) in [5.41, 5.74) is 1.08. The molecular weight excluding hydrogens is 246 g/mol. The van der Waals surface area contributed by atoms with E-state index < -0.39 is 5.79 Å². The first-order valence-corrected chi connectivity index (χ1v) is 6.54. The van der Waals surface area contributed by atoms with Crippen molar-refractivity contribution in [3.05, 3.63) is 23.8 Å². The quantitative estimate of drug-likeness (QED) is 0.868. The maximum atomic E-state index is 9.41. The largest absolute Gasteiger partial charge is 0.508 e. The van der Waals surface area contributed by atoms with Crippen molar-refractivity contribution in [3.63, 3.8) is 0 Å². The number of rotatable bonds is 3. The highest BCUT2D eigenvalue weighted by molar-refractivity contribution is 5.44. The lowest BCUT2D eigenvalue weighted by Crippen LogP contribution is -2.33. The van der Waals surface area contributed by atoms with Crippen molar-refractivity contribution in [1.82, 2.24) is 5.32 Å². The summed E-state index contributed by atoms with van der Waals surface area (Å²) in [7, 11) is 0. The smallest absolute Gasteiger partial charge is 0.163 e. The zero-order valence-electron chi connectivity index (χ0n) is 11.2. The molecule has 2 aliphatic heterocycles. The van der Waals surface area contributed by atoms with Gasteiger partial charge in [-0.15, -0.1) is 0 Å². The van der Waals surface area contributed by atoms with E-state index in [1.54, 1.807) is 12.1 Å². The van der Waals surface area contributed by atoms with E-state index in [-0.39, 0.29) is 17.9 Å². The van der Waals surface area contributed by atoms with Gasteiger partial charge in [0, 0.05) is 18.2 Å². The van der Waals surface area contributed by atoms with E-state index in [9.17, 15) is 5.11 Å². The summed E-state index contributed by atoms with van der Waals surface area (Å²) in [5.74, 6) is 0.498. The summed E-state index contributed by atoms with van der Waals surface area (Å²) in [6, 6.07) is 5.36. The van der Waals surface area contributed by atoms with Gasteiger partial charge in [0.05, 0.1) is 18.8 Å². The molecule has 1 aromatic carbocycles. The number of fused-ring (bicyclic) bond motifs is 1. The zero-order valence-corrected chi connectivity index (χ0v) is 11.2. The monoisotopic (exact) mass is 265 g/mol. The van der Waals surface area contributed by atoms with Crippen LogP contribution in [0.4, 0.5) is 0 Å². The number of phenolic OH excluding ortho intramolecular Hbond substituents is 1. The van der Waals surface area contributed by atoms with Crippen LogP contribution >= 0.6 is 0 Å². The van der Waals surface area contributed by atoms with Gasteiger partial charge in [-0.2, -0.15) is 0 Å². The number of hydrogen-bond donors (Lipinski definition) is 2. The summed E-state index contributed by atoms with van der Waals surface area (Å²) in [6.07, 6.45) is 0.0659. The van der Waals surface area contributed by atoms with Crippen LogP contribution < -0.4 is 10.1 Å². The molecule has 104 valence electrons. The Hall–Kier alpha value is -1.30. The van der Waals surface area contributed by atoms with E-state index in [1.807, 2.05) is 19.9 Å². The van der Waals surface area contributed by atoms with Gasteiger partial charge in [-0.05, 0) is 26.0 Å². The molecule has 0 aliphatic carbocycles. The molecule has 0 aromatic heterocycles. The van der Waals surface area contributed by atoms with E-state index in [0.29, 0.717) is 13.2 Å². The lowest BCUT2D eigenvalue weighted by molar-refractivity contribution is -0.137. The Balaban J connectivity index is 1.58. The average molecular weight is 265 g/mol. The fourth-order valence-electron chi connectivity index (χ4n) is 2.51. The van der Waals surface area contributed by atoms with Gasteiger partial charge in [-0.1, -0.05) is 0 Å². The molecule has 5 heteroatoms. The number of benzene rings is 1. The van der Waals surface area contributed by atoms with Crippen LogP contribution in [0.15, 0.2) is 18.2 Å². The molecule has 0 radical (unpaired) electrons. The minimum absolute atomic E-state index is 0.0659. The van der Waals surface area contributed by atoms with Gasteiger partial charge in [0.1, 0.15) is 18.1 Å². The Morgan fingerprint density at radius 3 is 2.95 bits per heavy atom.